The van der Waals surface area contributed by atoms with Crippen LogP contribution in [0.2, 0.25) is 0 Å². The van der Waals surface area contributed by atoms with Crippen molar-refractivity contribution in [2.75, 3.05) is 27.8 Å². The van der Waals surface area contributed by atoms with E-state index in [1.165, 1.54) is 20.5 Å². The first-order valence-corrected chi connectivity index (χ1v) is 5.98. The number of hydrogen-bond donors (Lipinski definition) is 0. The molecule has 106 valence electrons. The fourth-order valence-corrected chi connectivity index (χ4v) is 1.67. The van der Waals surface area contributed by atoms with Crippen molar-refractivity contribution in [3.05, 3.63) is 23.7 Å². The van der Waals surface area contributed by atoms with Gasteiger partial charge in [-0.3, -0.25) is 9.69 Å². The van der Waals surface area contributed by atoms with Gasteiger partial charge in [-0.25, -0.2) is 4.79 Å². The maximum atomic E-state index is 11.5. The van der Waals surface area contributed by atoms with Crippen LogP contribution >= 0.6 is 0 Å². The molecule has 0 fully saturated rings. The Morgan fingerprint density at radius 1 is 1.32 bits per heavy atom. The predicted molar refractivity (Wildman–Crippen MR) is 67.6 cm³/mol. The molecule has 6 nitrogen and oxygen atoms in total. The van der Waals surface area contributed by atoms with Crippen molar-refractivity contribution in [1.29, 1.82) is 0 Å². The van der Waals surface area contributed by atoms with E-state index in [4.69, 9.17) is 4.42 Å². The van der Waals surface area contributed by atoms with Crippen molar-refractivity contribution in [2.24, 2.45) is 0 Å². The maximum absolute atomic E-state index is 11.5. The van der Waals surface area contributed by atoms with Crippen LogP contribution < -0.4 is 0 Å². The molecule has 0 amide bonds. The van der Waals surface area contributed by atoms with E-state index in [2.05, 4.69) is 9.47 Å². The summed E-state index contributed by atoms with van der Waals surface area (Å²) in [6.45, 7) is 1.19. The molecule has 1 heterocycles. The van der Waals surface area contributed by atoms with Gasteiger partial charge in [-0.2, -0.15) is 0 Å². The van der Waals surface area contributed by atoms with E-state index in [1.807, 2.05) is 11.9 Å². The van der Waals surface area contributed by atoms with E-state index in [9.17, 15) is 9.59 Å². The van der Waals surface area contributed by atoms with Gasteiger partial charge >= 0.3 is 11.9 Å². The molecule has 1 rings (SSSR count). The van der Waals surface area contributed by atoms with Crippen LogP contribution in [0.15, 0.2) is 16.7 Å². The lowest BCUT2D eigenvalue weighted by Crippen LogP contribution is -2.21. The molecule has 0 aliphatic heterocycles. The zero-order chi connectivity index (χ0) is 14.3. The highest BCUT2D eigenvalue weighted by atomic mass is 16.5. The van der Waals surface area contributed by atoms with Crippen LogP contribution in [0.3, 0.4) is 0 Å². The second-order valence-electron chi connectivity index (χ2n) is 4.17. The van der Waals surface area contributed by atoms with E-state index in [0.717, 1.165) is 0 Å². The average molecular weight is 269 g/mol. The largest absolute Gasteiger partial charge is 0.469 e. The Labute approximate surface area is 112 Å². The van der Waals surface area contributed by atoms with E-state index >= 15 is 0 Å². The summed E-state index contributed by atoms with van der Waals surface area (Å²) in [4.78, 5) is 24.4. The lowest BCUT2D eigenvalue weighted by Gasteiger charge is -2.15. The highest BCUT2D eigenvalue weighted by Crippen LogP contribution is 2.14. The Kier molecular flexibility index (Phi) is 6.08. The maximum Gasteiger partial charge on any atom is 0.341 e. The first-order chi connectivity index (χ1) is 9.08. The molecule has 0 aliphatic carbocycles. The molecule has 0 radical (unpaired) electrons. The van der Waals surface area contributed by atoms with Crippen molar-refractivity contribution in [1.82, 2.24) is 4.90 Å². The van der Waals surface area contributed by atoms with Crippen LogP contribution in [0, 0.1) is 0 Å². The van der Waals surface area contributed by atoms with Crippen molar-refractivity contribution in [3.8, 4) is 0 Å². The van der Waals surface area contributed by atoms with Gasteiger partial charge in [0.1, 0.15) is 11.3 Å². The number of methoxy groups -OCH3 is 2. The smallest absolute Gasteiger partial charge is 0.341 e. The lowest BCUT2D eigenvalue weighted by atomic mass is 10.2. The SMILES string of the molecule is COC(=O)CCCN(C)Cc1occc1C(=O)OC. The predicted octanol–water partition coefficient (Wildman–Crippen LogP) is 1.45. The van der Waals surface area contributed by atoms with E-state index < -0.39 is 5.97 Å². The summed E-state index contributed by atoms with van der Waals surface area (Å²) >= 11 is 0. The quantitative estimate of drug-likeness (QED) is 0.698. The van der Waals surface area contributed by atoms with Gasteiger partial charge in [-0.15, -0.1) is 0 Å². The standard InChI is InChI=1S/C13H19NO5/c1-14(7-4-5-12(15)17-2)9-11-10(6-8-19-11)13(16)18-3/h6,8H,4-5,7,9H2,1-3H3. The van der Waals surface area contributed by atoms with Gasteiger partial charge in [0, 0.05) is 6.42 Å². The molecule has 19 heavy (non-hydrogen) atoms. The summed E-state index contributed by atoms with van der Waals surface area (Å²) in [5, 5.41) is 0. The topological polar surface area (TPSA) is 69.0 Å². The average Bonchev–Trinajstić information content (AvgIpc) is 2.85. The molecular formula is C13H19NO5. The summed E-state index contributed by atoms with van der Waals surface area (Å²) in [6, 6.07) is 1.59. The lowest BCUT2D eigenvalue weighted by molar-refractivity contribution is -0.140. The van der Waals surface area contributed by atoms with Gasteiger partial charge in [0.05, 0.1) is 27.0 Å². The number of carbonyl (C=O) groups is 2. The molecular weight excluding hydrogens is 250 g/mol. The summed E-state index contributed by atoms with van der Waals surface area (Å²) in [6.07, 6.45) is 2.53. The van der Waals surface area contributed by atoms with Crippen LogP contribution in [0.1, 0.15) is 29.0 Å². The Hall–Kier alpha value is -1.82. The van der Waals surface area contributed by atoms with Crippen LogP contribution in [0.25, 0.3) is 0 Å². The van der Waals surface area contributed by atoms with Gasteiger partial charge in [0.2, 0.25) is 0 Å². The third-order valence-corrected chi connectivity index (χ3v) is 2.71. The molecule has 0 atom stereocenters. The Morgan fingerprint density at radius 2 is 2.05 bits per heavy atom. The summed E-state index contributed by atoms with van der Waals surface area (Å²) in [7, 11) is 4.59. The van der Waals surface area contributed by atoms with Gasteiger partial charge in [0.25, 0.3) is 0 Å². The highest BCUT2D eigenvalue weighted by Gasteiger charge is 2.16. The van der Waals surface area contributed by atoms with E-state index in [1.54, 1.807) is 6.07 Å². The number of nitrogens with zero attached hydrogens (tertiary/aromatic N) is 1. The molecule has 6 heteroatoms. The Bertz CT molecular complexity index is 426. The molecule has 1 aromatic rings. The Morgan fingerprint density at radius 3 is 2.68 bits per heavy atom. The van der Waals surface area contributed by atoms with Crippen LogP contribution in [-0.4, -0.2) is 44.7 Å². The van der Waals surface area contributed by atoms with Crippen LogP contribution in [0.5, 0.6) is 0 Å². The summed E-state index contributed by atoms with van der Waals surface area (Å²) < 4.78 is 14.5. The number of hydrogen-bond acceptors (Lipinski definition) is 6. The second-order valence-corrected chi connectivity index (χ2v) is 4.17. The van der Waals surface area contributed by atoms with Gasteiger partial charge in [-0.05, 0) is 26.1 Å². The van der Waals surface area contributed by atoms with E-state index in [0.29, 0.717) is 37.3 Å². The van der Waals surface area contributed by atoms with Crippen LogP contribution in [0.4, 0.5) is 0 Å². The zero-order valence-electron chi connectivity index (χ0n) is 11.5. The third kappa shape index (κ3) is 4.75. The van der Waals surface area contributed by atoms with Gasteiger partial charge in [-0.1, -0.05) is 0 Å². The van der Waals surface area contributed by atoms with Crippen molar-refractivity contribution in [2.45, 2.75) is 19.4 Å². The highest BCUT2D eigenvalue weighted by molar-refractivity contribution is 5.90. The van der Waals surface area contributed by atoms with E-state index in [-0.39, 0.29) is 5.97 Å². The minimum Gasteiger partial charge on any atom is -0.469 e. The summed E-state index contributed by atoms with van der Waals surface area (Å²) in [5.41, 5.74) is 0.433. The van der Waals surface area contributed by atoms with Gasteiger partial charge < -0.3 is 13.9 Å². The van der Waals surface area contributed by atoms with Crippen molar-refractivity contribution in [3.63, 3.8) is 0 Å². The molecule has 0 bridgehead atoms. The zero-order valence-corrected chi connectivity index (χ0v) is 11.5. The molecule has 0 saturated carbocycles. The number of carbonyl (C=O) groups excluding carboxylic acids is 2. The minimum absolute atomic E-state index is 0.221. The molecule has 0 unspecified atom stereocenters. The number of furan rings is 1. The van der Waals surface area contributed by atoms with Crippen molar-refractivity contribution >= 4 is 11.9 Å². The van der Waals surface area contributed by atoms with Crippen LogP contribution in [-0.2, 0) is 20.8 Å². The number of rotatable bonds is 7. The second kappa shape index (κ2) is 7.58. The first-order valence-electron chi connectivity index (χ1n) is 5.98. The normalized spacial score (nSPS) is 10.5. The minimum atomic E-state index is -0.410. The number of esters is 2. The Balaban J connectivity index is 2.44. The first kappa shape index (κ1) is 15.2. The number of ether oxygens (including phenoxy) is 2. The molecule has 0 aliphatic rings. The molecule has 0 spiro atoms. The monoisotopic (exact) mass is 269 g/mol. The molecule has 0 aromatic carbocycles. The molecule has 0 N–H and O–H groups in total. The fraction of sp³-hybridized carbons (Fsp3) is 0.538. The van der Waals surface area contributed by atoms with Crippen molar-refractivity contribution < 1.29 is 23.5 Å². The molecule has 0 saturated heterocycles. The summed E-state index contributed by atoms with van der Waals surface area (Å²) in [5.74, 6) is -0.0687. The third-order valence-electron chi connectivity index (χ3n) is 2.71. The van der Waals surface area contributed by atoms with Gasteiger partial charge in [0.15, 0.2) is 0 Å². The molecule has 1 aromatic heterocycles. The fourth-order valence-electron chi connectivity index (χ4n) is 1.67.